The molecule has 0 saturated heterocycles. The molecule has 0 amide bonds. The molecule has 0 fully saturated rings. The maximum Gasteiger partial charge on any atom is 0.308 e. The van der Waals surface area contributed by atoms with Crippen molar-refractivity contribution in [3.05, 3.63) is 54.2 Å². The second kappa shape index (κ2) is 6.54. The van der Waals surface area contributed by atoms with Crippen molar-refractivity contribution in [3.63, 3.8) is 0 Å². The summed E-state index contributed by atoms with van der Waals surface area (Å²) in [5.41, 5.74) is 1.37. The third kappa shape index (κ3) is 3.12. The van der Waals surface area contributed by atoms with E-state index in [9.17, 15) is 9.59 Å². The summed E-state index contributed by atoms with van der Waals surface area (Å²) in [6.07, 6.45) is 0. The number of hydrogen-bond acceptors (Lipinski definition) is 5. The lowest BCUT2D eigenvalue weighted by Gasteiger charge is -2.09. The molecule has 6 nitrogen and oxygen atoms in total. The number of fused-ring (bicyclic) bond motifs is 1. The summed E-state index contributed by atoms with van der Waals surface area (Å²) in [5, 5.41) is 5.17. The number of rotatable bonds is 4. The lowest BCUT2D eigenvalue weighted by atomic mass is 10.2. The molecule has 0 aliphatic rings. The molecule has 3 rings (SSSR count). The van der Waals surface area contributed by atoms with Crippen molar-refractivity contribution >= 4 is 22.8 Å². The summed E-state index contributed by atoms with van der Waals surface area (Å²) >= 11 is 0. The normalized spacial score (nSPS) is 10.6. The lowest BCUT2D eigenvalue weighted by molar-refractivity contribution is -0.132. The molecule has 0 radical (unpaired) electrons. The standard InChI is InChI=1S/C18H16N2O4/c1-12(21)20-16-8-4-3-7-14(16)15(19-20)11-23-17-9-5-6-10-18(17)24-13(2)22/h3-10H,11H2,1-2H3. The lowest BCUT2D eigenvalue weighted by Crippen LogP contribution is -2.08. The number of carbonyl (C=O) groups is 2. The zero-order valence-electron chi connectivity index (χ0n) is 13.4. The van der Waals surface area contributed by atoms with Gasteiger partial charge in [-0.15, -0.1) is 0 Å². The van der Waals surface area contributed by atoms with Gasteiger partial charge in [0.1, 0.15) is 12.3 Å². The van der Waals surface area contributed by atoms with Crippen LogP contribution in [-0.2, 0) is 11.4 Å². The van der Waals surface area contributed by atoms with E-state index < -0.39 is 5.97 Å². The highest BCUT2D eigenvalue weighted by Crippen LogP contribution is 2.28. The molecule has 0 saturated carbocycles. The summed E-state index contributed by atoms with van der Waals surface area (Å²) in [7, 11) is 0. The van der Waals surface area contributed by atoms with Crippen LogP contribution in [0.1, 0.15) is 24.3 Å². The Bertz CT molecular complexity index is 914. The number of para-hydroxylation sites is 3. The van der Waals surface area contributed by atoms with Gasteiger partial charge in [0, 0.05) is 19.2 Å². The van der Waals surface area contributed by atoms with Gasteiger partial charge in [0.2, 0.25) is 5.91 Å². The number of nitrogens with zero attached hydrogens (tertiary/aromatic N) is 2. The van der Waals surface area contributed by atoms with E-state index in [2.05, 4.69) is 5.10 Å². The molecule has 6 heteroatoms. The van der Waals surface area contributed by atoms with Gasteiger partial charge in [-0.05, 0) is 18.2 Å². The minimum absolute atomic E-state index is 0.152. The zero-order chi connectivity index (χ0) is 17.1. The van der Waals surface area contributed by atoms with Crippen LogP contribution in [0.3, 0.4) is 0 Å². The molecular weight excluding hydrogens is 308 g/mol. The van der Waals surface area contributed by atoms with Crippen molar-refractivity contribution in [1.82, 2.24) is 9.78 Å². The van der Waals surface area contributed by atoms with E-state index in [4.69, 9.17) is 9.47 Å². The molecular formula is C18H16N2O4. The van der Waals surface area contributed by atoms with Gasteiger partial charge in [-0.25, -0.2) is 0 Å². The fraction of sp³-hybridized carbons (Fsp3) is 0.167. The number of esters is 1. The Kier molecular flexibility index (Phi) is 4.29. The largest absolute Gasteiger partial charge is 0.483 e. The highest BCUT2D eigenvalue weighted by molar-refractivity contribution is 5.91. The molecule has 0 unspecified atom stereocenters. The van der Waals surface area contributed by atoms with Gasteiger partial charge in [-0.2, -0.15) is 9.78 Å². The van der Waals surface area contributed by atoms with Crippen LogP contribution < -0.4 is 9.47 Å². The van der Waals surface area contributed by atoms with Crippen LogP contribution in [0.2, 0.25) is 0 Å². The topological polar surface area (TPSA) is 70.4 Å². The number of ether oxygens (including phenoxy) is 2. The van der Waals surface area contributed by atoms with Gasteiger partial charge in [-0.1, -0.05) is 30.3 Å². The quantitative estimate of drug-likeness (QED) is 0.544. The molecule has 1 heterocycles. The second-order valence-corrected chi connectivity index (χ2v) is 5.22. The van der Waals surface area contributed by atoms with E-state index in [1.165, 1.54) is 18.5 Å². The summed E-state index contributed by atoms with van der Waals surface area (Å²) in [4.78, 5) is 22.9. The van der Waals surface area contributed by atoms with Crippen LogP contribution in [0.5, 0.6) is 11.5 Å². The van der Waals surface area contributed by atoms with E-state index in [-0.39, 0.29) is 12.5 Å². The number of carbonyl (C=O) groups excluding carboxylic acids is 2. The average molecular weight is 324 g/mol. The molecule has 2 aromatic carbocycles. The van der Waals surface area contributed by atoms with Gasteiger partial charge in [-0.3, -0.25) is 9.59 Å². The van der Waals surface area contributed by atoms with E-state index in [1.807, 2.05) is 24.3 Å². The Morgan fingerprint density at radius 1 is 1.00 bits per heavy atom. The third-order valence-corrected chi connectivity index (χ3v) is 3.43. The highest BCUT2D eigenvalue weighted by atomic mass is 16.6. The summed E-state index contributed by atoms with van der Waals surface area (Å²) in [5.74, 6) is 0.199. The second-order valence-electron chi connectivity index (χ2n) is 5.22. The predicted molar refractivity (Wildman–Crippen MR) is 88.1 cm³/mol. The van der Waals surface area contributed by atoms with E-state index in [1.54, 1.807) is 24.3 Å². The van der Waals surface area contributed by atoms with Crippen LogP contribution in [0.25, 0.3) is 10.9 Å². The van der Waals surface area contributed by atoms with Crippen LogP contribution in [0.4, 0.5) is 0 Å². The minimum atomic E-state index is -0.419. The van der Waals surface area contributed by atoms with Crippen molar-refractivity contribution in [2.24, 2.45) is 0 Å². The predicted octanol–water partition coefficient (Wildman–Crippen LogP) is 3.20. The van der Waals surface area contributed by atoms with Crippen molar-refractivity contribution in [1.29, 1.82) is 0 Å². The van der Waals surface area contributed by atoms with Gasteiger partial charge < -0.3 is 9.47 Å². The maximum atomic E-state index is 11.7. The zero-order valence-corrected chi connectivity index (χ0v) is 13.4. The average Bonchev–Trinajstić information content (AvgIpc) is 2.93. The first-order valence-electron chi connectivity index (χ1n) is 7.44. The Balaban J connectivity index is 1.89. The van der Waals surface area contributed by atoms with Crippen LogP contribution in [-0.4, -0.2) is 21.7 Å². The van der Waals surface area contributed by atoms with Gasteiger partial charge in [0.05, 0.1) is 5.52 Å². The number of aromatic nitrogens is 2. The first-order valence-corrected chi connectivity index (χ1v) is 7.44. The smallest absolute Gasteiger partial charge is 0.308 e. The molecule has 0 aliphatic carbocycles. The van der Waals surface area contributed by atoms with Crippen molar-refractivity contribution < 1.29 is 19.1 Å². The molecule has 0 N–H and O–H groups in total. The molecule has 0 atom stereocenters. The van der Waals surface area contributed by atoms with Crippen molar-refractivity contribution in [3.8, 4) is 11.5 Å². The van der Waals surface area contributed by atoms with Crippen molar-refractivity contribution in [2.45, 2.75) is 20.5 Å². The van der Waals surface area contributed by atoms with Gasteiger partial charge in [0.25, 0.3) is 0 Å². The summed E-state index contributed by atoms with van der Waals surface area (Å²) < 4.78 is 12.2. The van der Waals surface area contributed by atoms with Crippen LogP contribution >= 0.6 is 0 Å². The Morgan fingerprint density at radius 2 is 1.67 bits per heavy atom. The molecule has 1 aromatic heterocycles. The fourth-order valence-corrected chi connectivity index (χ4v) is 2.43. The van der Waals surface area contributed by atoms with E-state index in [0.29, 0.717) is 17.2 Å². The molecule has 0 bridgehead atoms. The molecule has 0 aliphatic heterocycles. The number of benzene rings is 2. The summed E-state index contributed by atoms with van der Waals surface area (Å²) in [6, 6.07) is 14.4. The van der Waals surface area contributed by atoms with Crippen LogP contribution in [0, 0.1) is 0 Å². The first kappa shape index (κ1) is 15.7. The number of hydrogen-bond donors (Lipinski definition) is 0. The Hall–Kier alpha value is -3.15. The minimum Gasteiger partial charge on any atom is -0.483 e. The maximum absolute atomic E-state index is 11.7. The van der Waals surface area contributed by atoms with E-state index >= 15 is 0 Å². The first-order chi connectivity index (χ1) is 11.6. The Morgan fingerprint density at radius 3 is 2.38 bits per heavy atom. The third-order valence-electron chi connectivity index (χ3n) is 3.43. The van der Waals surface area contributed by atoms with Gasteiger partial charge in [0.15, 0.2) is 11.5 Å². The molecule has 122 valence electrons. The van der Waals surface area contributed by atoms with E-state index in [0.717, 1.165) is 10.9 Å². The monoisotopic (exact) mass is 324 g/mol. The fourth-order valence-electron chi connectivity index (χ4n) is 2.43. The van der Waals surface area contributed by atoms with Gasteiger partial charge >= 0.3 is 5.97 Å². The van der Waals surface area contributed by atoms with Crippen LogP contribution in [0.15, 0.2) is 48.5 Å². The Labute approximate surface area is 138 Å². The summed E-state index contributed by atoms with van der Waals surface area (Å²) in [6.45, 7) is 2.94. The molecule has 24 heavy (non-hydrogen) atoms. The molecule has 0 spiro atoms. The molecule has 3 aromatic rings. The SMILES string of the molecule is CC(=O)Oc1ccccc1OCc1nn(C(C)=O)c2ccccc12. The van der Waals surface area contributed by atoms with Crippen molar-refractivity contribution in [2.75, 3.05) is 0 Å². The highest BCUT2D eigenvalue weighted by Gasteiger charge is 2.14.